The van der Waals surface area contributed by atoms with Crippen molar-refractivity contribution in [2.24, 2.45) is 0 Å². The molecule has 1 aromatic rings. The molecule has 0 aliphatic rings. The van der Waals surface area contributed by atoms with E-state index in [1.165, 1.54) is 16.4 Å². The molecule has 0 nitrogen and oxygen atoms in total. The van der Waals surface area contributed by atoms with Gasteiger partial charge >= 0.3 is 0 Å². The van der Waals surface area contributed by atoms with Crippen molar-refractivity contribution in [1.82, 2.24) is 0 Å². The van der Waals surface area contributed by atoms with Crippen LogP contribution in [0.3, 0.4) is 0 Å². The average molecular weight is 198 g/mol. The van der Waals surface area contributed by atoms with Gasteiger partial charge in [-0.05, 0) is 13.8 Å². The molecule has 0 radical (unpaired) electrons. The molecule has 1 rings (SSSR count). The van der Waals surface area contributed by atoms with Crippen LogP contribution in [0.1, 0.15) is 27.7 Å². The predicted molar refractivity (Wildman–Crippen MR) is 70.7 cm³/mol. The van der Waals surface area contributed by atoms with Gasteiger partial charge in [-0.25, -0.2) is 0 Å². The molecule has 0 aromatic heterocycles. The number of benzene rings is 1. The Morgan fingerprint density at radius 2 is 1.40 bits per heavy atom. The molecular weight excluding hydrogens is 179 g/mol. The van der Waals surface area contributed by atoms with Crippen LogP contribution < -0.4 is 5.46 Å². The number of rotatable bonds is 3. The molecule has 0 amide bonds. The van der Waals surface area contributed by atoms with Gasteiger partial charge in [-0.15, -0.1) is 0 Å². The molecular formula is C14H19B. The van der Waals surface area contributed by atoms with Gasteiger partial charge in [0.25, 0.3) is 0 Å². The molecule has 0 bridgehead atoms. The van der Waals surface area contributed by atoms with Gasteiger partial charge in [0.2, 0.25) is 6.71 Å². The Balaban J connectivity index is 3.14. The maximum atomic E-state index is 2.20. The Kier molecular flexibility index (Phi) is 4.42. The van der Waals surface area contributed by atoms with E-state index in [1.54, 1.807) is 0 Å². The molecule has 0 spiro atoms. The van der Waals surface area contributed by atoms with Crippen molar-refractivity contribution in [3.8, 4) is 0 Å². The molecule has 1 heteroatoms. The quantitative estimate of drug-likeness (QED) is 0.653. The molecule has 0 heterocycles. The van der Waals surface area contributed by atoms with Crippen molar-refractivity contribution in [2.45, 2.75) is 27.7 Å². The van der Waals surface area contributed by atoms with Crippen LogP contribution >= 0.6 is 0 Å². The highest BCUT2D eigenvalue weighted by Crippen LogP contribution is 2.10. The second kappa shape index (κ2) is 5.60. The zero-order chi connectivity index (χ0) is 11.3. The van der Waals surface area contributed by atoms with Crippen LogP contribution in [0.25, 0.3) is 0 Å². The van der Waals surface area contributed by atoms with Gasteiger partial charge in [0.15, 0.2) is 0 Å². The van der Waals surface area contributed by atoms with Crippen LogP contribution in [0.5, 0.6) is 0 Å². The van der Waals surface area contributed by atoms with E-state index in [0.29, 0.717) is 6.71 Å². The lowest BCUT2D eigenvalue weighted by Gasteiger charge is -2.15. The molecule has 0 fully saturated rings. The van der Waals surface area contributed by atoms with Crippen LogP contribution in [0.4, 0.5) is 0 Å². The van der Waals surface area contributed by atoms with E-state index in [9.17, 15) is 0 Å². The second-order valence-corrected chi connectivity index (χ2v) is 3.91. The zero-order valence-corrected chi connectivity index (χ0v) is 10.1. The summed E-state index contributed by atoms with van der Waals surface area (Å²) in [5.41, 5.74) is 4.21. The Morgan fingerprint density at radius 1 is 0.933 bits per heavy atom. The first kappa shape index (κ1) is 11.8. The van der Waals surface area contributed by atoms with Gasteiger partial charge in [-0.2, -0.15) is 0 Å². The second-order valence-electron chi connectivity index (χ2n) is 3.91. The summed E-state index contributed by atoms with van der Waals surface area (Å²) in [6, 6.07) is 10.7. The Labute approximate surface area is 93.8 Å². The monoisotopic (exact) mass is 198 g/mol. The minimum atomic E-state index is 0.446. The largest absolute Gasteiger partial charge is 0.231 e. The van der Waals surface area contributed by atoms with E-state index in [1.807, 2.05) is 0 Å². The first-order valence-corrected chi connectivity index (χ1v) is 5.51. The van der Waals surface area contributed by atoms with Crippen LogP contribution in [-0.2, 0) is 0 Å². The van der Waals surface area contributed by atoms with Crippen molar-refractivity contribution in [2.75, 3.05) is 0 Å². The first-order chi connectivity index (χ1) is 7.20. The highest BCUT2D eigenvalue weighted by molar-refractivity contribution is 6.85. The fourth-order valence-electron chi connectivity index (χ4n) is 1.86. The molecule has 15 heavy (non-hydrogen) atoms. The zero-order valence-electron chi connectivity index (χ0n) is 10.1. The van der Waals surface area contributed by atoms with Crippen molar-refractivity contribution in [3.05, 3.63) is 53.4 Å². The topological polar surface area (TPSA) is 0 Å². The molecule has 78 valence electrons. The molecule has 0 saturated carbocycles. The molecule has 0 aliphatic carbocycles. The number of allylic oxidation sites excluding steroid dienone is 4. The van der Waals surface area contributed by atoms with Gasteiger partial charge in [-0.3, -0.25) is 0 Å². The molecule has 0 saturated heterocycles. The lowest BCUT2D eigenvalue weighted by Crippen LogP contribution is -2.33. The Bertz CT molecular complexity index is 342. The minimum absolute atomic E-state index is 0.446. The van der Waals surface area contributed by atoms with E-state index in [2.05, 4.69) is 70.2 Å². The number of hydrogen-bond acceptors (Lipinski definition) is 0. The summed E-state index contributed by atoms with van der Waals surface area (Å²) < 4.78 is 0. The molecule has 1 aromatic carbocycles. The van der Waals surface area contributed by atoms with Crippen LogP contribution in [0.2, 0.25) is 0 Å². The third-order valence-corrected chi connectivity index (χ3v) is 2.95. The van der Waals surface area contributed by atoms with Gasteiger partial charge in [0, 0.05) is 0 Å². The van der Waals surface area contributed by atoms with Gasteiger partial charge < -0.3 is 0 Å². The maximum absolute atomic E-state index is 2.20. The summed E-state index contributed by atoms with van der Waals surface area (Å²) in [6.07, 6.45) is 4.40. The molecule has 0 aliphatic heterocycles. The van der Waals surface area contributed by atoms with Crippen LogP contribution in [-0.4, -0.2) is 6.71 Å². The van der Waals surface area contributed by atoms with Crippen molar-refractivity contribution >= 4 is 12.2 Å². The third-order valence-electron chi connectivity index (χ3n) is 2.95. The predicted octanol–water partition coefficient (Wildman–Crippen LogP) is 3.40. The van der Waals surface area contributed by atoms with E-state index >= 15 is 0 Å². The van der Waals surface area contributed by atoms with Crippen molar-refractivity contribution in [1.29, 1.82) is 0 Å². The normalized spacial score (nSPS) is 12.8. The van der Waals surface area contributed by atoms with Crippen molar-refractivity contribution in [3.63, 3.8) is 0 Å². The summed E-state index contributed by atoms with van der Waals surface area (Å²) in [6.45, 7) is 9.05. The van der Waals surface area contributed by atoms with E-state index in [-0.39, 0.29) is 0 Å². The minimum Gasteiger partial charge on any atom is -0.0984 e. The summed E-state index contributed by atoms with van der Waals surface area (Å²) in [5.74, 6) is 0. The maximum Gasteiger partial charge on any atom is 0.231 e. The molecule has 0 atom stereocenters. The standard InChI is InChI=1S/C14H19B/c1-5-12(3)15(13(4)6-2)14-10-8-7-9-11-14/h5-11H,1-4H3/b12-5+,13-6+. The number of hydrogen-bond donors (Lipinski definition) is 0. The SMILES string of the molecule is C/C=C(\C)B(/C(C)=C/C)c1ccccc1. The lowest BCUT2D eigenvalue weighted by molar-refractivity contribution is 1.49. The van der Waals surface area contributed by atoms with Gasteiger partial charge in [0.1, 0.15) is 0 Å². The van der Waals surface area contributed by atoms with Crippen molar-refractivity contribution < 1.29 is 0 Å². The first-order valence-electron chi connectivity index (χ1n) is 5.51. The average Bonchev–Trinajstić information content (AvgIpc) is 2.30. The highest BCUT2D eigenvalue weighted by Gasteiger charge is 2.18. The summed E-state index contributed by atoms with van der Waals surface area (Å²) in [7, 11) is 0. The third kappa shape index (κ3) is 2.85. The fraction of sp³-hybridized carbons (Fsp3) is 0.286. The Hall–Kier alpha value is -1.24. The fourth-order valence-corrected chi connectivity index (χ4v) is 1.86. The van der Waals surface area contributed by atoms with E-state index in [4.69, 9.17) is 0 Å². The van der Waals surface area contributed by atoms with Gasteiger partial charge in [0.05, 0.1) is 0 Å². The molecule has 0 unspecified atom stereocenters. The van der Waals surface area contributed by atoms with E-state index < -0.39 is 0 Å². The van der Waals surface area contributed by atoms with Crippen LogP contribution in [0, 0.1) is 0 Å². The molecule has 0 N–H and O–H groups in total. The van der Waals surface area contributed by atoms with Crippen LogP contribution in [0.15, 0.2) is 53.4 Å². The summed E-state index contributed by atoms with van der Waals surface area (Å²) in [4.78, 5) is 0. The Morgan fingerprint density at radius 3 is 1.80 bits per heavy atom. The summed E-state index contributed by atoms with van der Waals surface area (Å²) >= 11 is 0. The summed E-state index contributed by atoms with van der Waals surface area (Å²) in [5, 5.41) is 0. The lowest BCUT2D eigenvalue weighted by atomic mass is 9.36. The smallest absolute Gasteiger partial charge is 0.0984 e. The highest BCUT2D eigenvalue weighted by atomic mass is 13.9. The van der Waals surface area contributed by atoms with Gasteiger partial charge in [-0.1, -0.05) is 72.7 Å². The van der Waals surface area contributed by atoms with E-state index in [0.717, 1.165) is 0 Å².